The van der Waals surface area contributed by atoms with Gasteiger partial charge in [-0.25, -0.2) is 73.5 Å². The lowest BCUT2D eigenvalue weighted by Crippen LogP contribution is -2.37. The number of aliphatic hydroxyl groups is 5. The topological polar surface area (TPSA) is 651 Å². The summed E-state index contributed by atoms with van der Waals surface area (Å²) >= 11 is 0. The van der Waals surface area contributed by atoms with E-state index < -0.39 is 162 Å². The fourth-order valence-electron chi connectivity index (χ4n) is 10.3. The predicted molar refractivity (Wildman–Crippen MR) is 289 cm³/mol. The Morgan fingerprint density at radius 3 is 1.09 bits per heavy atom. The number of rotatable bonds is 23. The molecule has 12 rings (SSSR count). The van der Waals surface area contributed by atoms with Gasteiger partial charge in [0.05, 0.1) is 51.7 Å². The van der Waals surface area contributed by atoms with Crippen molar-refractivity contribution in [2.24, 2.45) is 0 Å². The fraction of sp³-hybridized carbons (Fsp3) is 0.512. The molecule has 3 unspecified atom stereocenters. The van der Waals surface area contributed by atoms with Gasteiger partial charge in [0.25, 0.3) is 0 Å². The predicted octanol–water partition coefficient (Wildman–Crippen LogP) is -4.27. The maximum atomic E-state index is 13.9. The van der Waals surface area contributed by atoms with E-state index in [0.29, 0.717) is 0 Å². The van der Waals surface area contributed by atoms with Crippen LogP contribution in [0.2, 0.25) is 0 Å². The van der Waals surface area contributed by atoms with Crippen molar-refractivity contribution in [3.05, 3.63) is 50.6 Å². The molecule has 90 heavy (non-hydrogen) atoms. The van der Waals surface area contributed by atoms with Crippen LogP contribution < -0.4 is 22.9 Å². The molecule has 12 heterocycles. The van der Waals surface area contributed by atoms with E-state index in [0.717, 1.165) is 53.4 Å². The summed E-state index contributed by atoms with van der Waals surface area (Å²) in [4.78, 5) is 101. The molecule has 486 valence electrons. The first kappa shape index (κ1) is 63.6. The lowest BCUT2D eigenvalue weighted by atomic mass is 10.1. The number of nitrogens with zero attached hydrogens (tertiary/aromatic N) is 16. The van der Waals surface area contributed by atoms with E-state index in [1.165, 1.54) is 15.5 Å². The molecule has 0 radical (unpaired) electrons. The van der Waals surface area contributed by atoms with Crippen LogP contribution in [0.3, 0.4) is 0 Å². The molecule has 8 aromatic rings. The third kappa shape index (κ3) is 12.5. The molecule has 49 heteroatoms. The molecule has 19 atom stereocenters. The first-order valence-corrected chi connectivity index (χ1v) is 32.3. The molecule has 0 spiro atoms. The van der Waals surface area contributed by atoms with Crippen molar-refractivity contribution in [2.75, 3.05) is 55.7 Å². The third-order valence-corrected chi connectivity index (χ3v) is 18.0. The van der Waals surface area contributed by atoms with E-state index in [2.05, 4.69) is 64.3 Å². The first-order chi connectivity index (χ1) is 42.7. The summed E-state index contributed by atoms with van der Waals surface area (Å²) in [6, 6.07) is 0. The minimum atomic E-state index is -5.48. The molecule has 18 N–H and O–H groups in total. The van der Waals surface area contributed by atoms with Gasteiger partial charge in [-0.2, -0.15) is 0 Å². The maximum Gasteiger partial charge on any atom is 0.472 e. The Bertz CT molecular complexity index is 4170. The van der Waals surface area contributed by atoms with Gasteiger partial charge in [0.15, 0.2) is 70.8 Å². The van der Waals surface area contributed by atoms with Crippen LogP contribution in [0.5, 0.6) is 0 Å². The van der Waals surface area contributed by atoms with E-state index >= 15 is 0 Å². The quantitative estimate of drug-likeness (QED) is 0.0270. The van der Waals surface area contributed by atoms with Gasteiger partial charge >= 0.3 is 31.1 Å². The van der Waals surface area contributed by atoms with Crippen molar-refractivity contribution in [3.63, 3.8) is 0 Å². The summed E-state index contributed by atoms with van der Waals surface area (Å²) in [7, 11) is -21.2. The summed E-state index contributed by atoms with van der Waals surface area (Å²) in [6.07, 6.45) is -20.3. The molecule has 4 fully saturated rings. The molecule has 0 bridgehead atoms. The Labute approximate surface area is 499 Å². The van der Waals surface area contributed by atoms with Gasteiger partial charge < -0.3 is 101 Å². The Balaban J connectivity index is 0.730. The van der Waals surface area contributed by atoms with Gasteiger partial charge in [0.1, 0.15) is 127 Å². The molecule has 45 nitrogen and oxygen atoms in total. The minimum absolute atomic E-state index is 0.00836. The summed E-state index contributed by atoms with van der Waals surface area (Å²) < 4.78 is 119. The molecule has 0 aromatic carbocycles. The smallest absolute Gasteiger partial charge is 0.387 e. The Kier molecular flexibility index (Phi) is 17.3. The van der Waals surface area contributed by atoms with E-state index in [1.807, 2.05) is 0 Å². The molecule has 4 saturated heterocycles. The van der Waals surface area contributed by atoms with Crippen LogP contribution in [-0.2, 0) is 69.1 Å². The average Bonchev–Trinajstić information content (AvgIpc) is 1.66. The zero-order valence-corrected chi connectivity index (χ0v) is 48.8. The van der Waals surface area contributed by atoms with Gasteiger partial charge in [0.2, 0.25) is 0 Å². The van der Waals surface area contributed by atoms with Crippen LogP contribution in [0.4, 0.5) is 23.3 Å². The van der Waals surface area contributed by atoms with Gasteiger partial charge in [-0.05, 0) is 0 Å². The number of hydrogen-bond acceptors (Lipinski definition) is 36. The zero-order valence-electron chi connectivity index (χ0n) is 45.2. The second kappa shape index (κ2) is 24.5. The molecular weight excluding hydrogens is 1300 g/mol. The number of fused-ring (bicyclic) bond motifs is 4. The number of phosphoric ester groups is 3. The molecule has 4 aliphatic rings. The number of anilines is 4. The van der Waals surface area contributed by atoms with Crippen LogP contribution in [-0.4, -0.2) is 234 Å². The Hall–Kier alpha value is -6.52. The fourth-order valence-corrected chi connectivity index (χ4v) is 13.3. The van der Waals surface area contributed by atoms with Crippen LogP contribution >= 0.6 is 31.1 Å². The molecule has 0 saturated carbocycles. The average molecular weight is 1350 g/mol. The standard InChI is InChI=1S/C41H52N20O25P4/c42-30-18-34(50-5-46-30)58(9-54-18)38-26(66)22(62)14(81-38)3-79-89(72,73)85-28-24(64)15(83-40(28)60-11-56-20-32(44)48-7-52-36(20)60)1-77-87(67,68)13-76-27-23(63)17(82-39(27)59-10-55-19-31(43)47-6-51-35(19)59)4-80-90(74,75)86-29-25(65)16(2-78-88(69,70)71)84-41(29)61-12-57-21-33(45)49-8-53-37(21)61/h5-12,14-17,22-29,38-41,62-66H,1-4,13H2,(H,67,68)(H,72,73)(H,74,75)(H2,42,46,50)(H2,43,47,51)(H2,44,48,52)(H2,45,49,53)(H2,69,70,71)/t14-,15-,16-,17-,22-,23-,24-,25-,26-,27-,28-,29-,38-,39-,40-,41-/m1/s1. The highest BCUT2D eigenvalue weighted by molar-refractivity contribution is 7.52. The minimum Gasteiger partial charge on any atom is -0.387 e. The van der Waals surface area contributed by atoms with E-state index in [9.17, 15) is 68.3 Å². The molecule has 0 amide bonds. The van der Waals surface area contributed by atoms with Crippen molar-refractivity contribution in [3.8, 4) is 0 Å². The van der Waals surface area contributed by atoms with Gasteiger partial charge in [-0.15, -0.1) is 0 Å². The van der Waals surface area contributed by atoms with Crippen LogP contribution in [0.15, 0.2) is 50.6 Å². The SMILES string of the molecule is Nc1ncnc2c1ncn2[C@@H]1O[C@H](COP(=O)(O)O[C@@H]2[C@H](O)[C@@H](COP(=O)(O)CO[C@@H]3[C@H](O)[C@@H](COP(=O)(O)O[C@@H]4[C@H](O)[C@@H](COP(=O)(O)O)O[C@H]4n4cnc5c(N)ncnc54)O[C@H]3n3cnc4c(N)ncnc43)O[C@H]2n2cnc3c(N)ncnc32)[C@@H](O)[C@H]1O. The largest absolute Gasteiger partial charge is 0.472 e. The number of nitrogen functional groups attached to an aromatic ring is 4. The van der Waals surface area contributed by atoms with Crippen LogP contribution in [0, 0.1) is 0 Å². The summed E-state index contributed by atoms with van der Waals surface area (Å²) in [5.41, 5.74) is 24.1. The maximum absolute atomic E-state index is 13.9. The highest BCUT2D eigenvalue weighted by atomic mass is 31.2. The molecule has 8 aromatic heterocycles. The lowest BCUT2D eigenvalue weighted by molar-refractivity contribution is -0.0690. The number of hydrogen-bond donors (Lipinski definition) is 14. The number of nitrogens with two attached hydrogens (primary N) is 4. The molecular formula is C41H52N20O25P4. The second-order valence-electron chi connectivity index (χ2n) is 20.2. The lowest BCUT2D eigenvalue weighted by Gasteiger charge is -2.25. The number of ether oxygens (including phenoxy) is 5. The second-order valence-corrected chi connectivity index (χ2v) is 26.0. The summed E-state index contributed by atoms with van der Waals surface area (Å²) in [6.45, 7) is -3.93. The van der Waals surface area contributed by atoms with Crippen LogP contribution in [0.25, 0.3) is 44.7 Å². The van der Waals surface area contributed by atoms with Crippen LogP contribution in [0.1, 0.15) is 24.9 Å². The highest BCUT2D eigenvalue weighted by Crippen LogP contribution is 2.53. The number of imidazole rings is 4. The highest BCUT2D eigenvalue weighted by Gasteiger charge is 2.54. The third-order valence-electron chi connectivity index (χ3n) is 14.5. The van der Waals surface area contributed by atoms with Gasteiger partial charge in [-0.1, -0.05) is 0 Å². The van der Waals surface area contributed by atoms with Crippen molar-refractivity contribution in [1.29, 1.82) is 0 Å². The normalized spacial score (nSPS) is 31.1. The van der Waals surface area contributed by atoms with Crippen molar-refractivity contribution < 1.29 is 119 Å². The van der Waals surface area contributed by atoms with E-state index in [-0.39, 0.29) is 67.9 Å². The summed E-state index contributed by atoms with van der Waals surface area (Å²) in [5, 5.41) is 56.7. The first-order valence-electron chi connectivity index (χ1n) is 26.0. The summed E-state index contributed by atoms with van der Waals surface area (Å²) in [5.74, 6) is -0.306. The van der Waals surface area contributed by atoms with E-state index in [1.54, 1.807) is 0 Å². The zero-order chi connectivity index (χ0) is 63.9. The Morgan fingerprint density at radius 1 is 0.400 bits per heavy atom. The molecule has 4 aliphatic heterocycles. The number of phosphoric acid groups is 3. The monoisotopic (exact) mass is 1350 g/mol. The van der Waals surface area contributed by atoms with Gasteiger partial charge in [0, 0.05) is 0 Å². The van der Waals surface area contributed by atoms with Crippen molar-refractivity contribution in [2.45, 2.75) is 98.2 Å². The Morgan fingerprint density at radius 2 is 0.711 bits per heavy atom. The van der Waals surface area contributed by atoms with E-state index in [4.69, 9.17) is 69.2 Å². The number of aromatic nitrogens is 16. The van der Waals surface area contributed by atoms with Crippen molar-refractivity contribution >= 4 is 99.0 Å². The van der Waals surface area contributed by atoms with Gasteiger partial charge in [-0.3, -0.25) is 45.5 Å². The number of aliphatic hydroxyl groups excluding tert-OH is 5. The van der Waals surface area contributed by atoms with Crippen molar-refractivity contribution in [1.82, 2.24) is 78.1 Å². The molecule has 0 aliphatic carbocycles.